The van der Waals surface area contributed by atoms with Gasteiger partial charge in [-0.3, -0.25) is 9.80 Å². The first-order valence-electron chi connectivity index (χ1n) is 10.7. The van der Waals surface area contributed by atoms with E-state index in [0.29, 0.717) is 18.9 Å². The largest absolute Gasteiger partial charge is 0.395 e. The Balaban J connectivity index is 2.08. The highest BCUT2D eigenvalue weighted by Crippen LogP contribution is 2.19. The van der Waals surface area contributed by atoms with Crippen LogP contribution in [0.3, 0.4) is 0 Å². The van der Waals surface area contributed by atoms with E-state index in [0.717, 1.165) is 64.2 Å². The summed E-state index contributed by atoms with van der Waals surface area (Å²) in [6, 6.07) is 0. The number of piperazine rings is 1. The number of imidazole rings is 1. The summed E-state index contributed by atoms with van der Waals surface area (Å²) in [6.45, 7) is 12.4. The molecule has 1 aliphatic rings. The van der Waals surface area contributed by atoms with E-state index in [1.807, 2.05) is 4.57 Å². The van der Waals surface area contributed by atoms with E-state index in [1.54, 1.807) is 6.20 Å². The molecule has 0 atom stereocenters. The zero-order valence-electron chi connectivity index (χ0n) is 17.8. The number of aromatic nitrogens is 2. The Morgan fingerprint density at radius 1 is 1.11 bits per heavy atom. The van der Waals surface area contributed by atoms with Gasteiger partial charge in [-0.05, 0) is 25.2 Å². The number of aliphatic hydroxyl groups is 1. The molecule has 0 saturated carbocycles. The molecule has 0 aromatic carbocycles. The second kappa shape index (κ2) is 11.3. The molecule has 0 aliphatic carbocycles. The van der Waals surface area contributed by atoms with Crippen LogP contribution >= 0.6 is 0 Å². The highest BCUT2D eigenvalue weighted by molar-refractivity contribution is 7.91. The lowest BCUT2D eigenvalue weighted by molar-refractivity contribution is 0.107. The first kappa shape index (κ1) is 23.3. The molecule has 1 aromatic rings. The monoisotopic (exact) mass is 414 g/mol. The number of hydrogen-bond donors (Lipinski definition) is 1. The van der Waals surface area contributed by atoms with Gasteiger partial charge in [-0.15, -0.1) is 0 Å². The third-order valence-corrected chi connectivity index (χ3v) is 7.08. The lowest BCUT2D eigenvalue weighted by atomic mass is 10.1. The predicted octanol–water partition coefficient (Wildman–Crippen LogP) is 2.00. The van der Waals surface area contributed by atoms with Gasteiger partial charge in [0, 0.05) is 45.8 Å². The molecule has 7 nitrogen and oxygen atoms in total. The lowest BCUT2D eigenvalue weighted by Gasteiger charge is -2.34. The van der Waals surface area contributed by atoms with Crippen molar-refractivity contribution in [2.45, 2.75) is 64.7 Å². The van der Waals surface area contributed by atoms with Crippen molar-refractivity contribution in [1.29, 1.82) is 0 Å². The molecule has 0 radical (unpaired) electrons. The van der Waals surface area contributed by atoms with E-state index in [9.17, 15) is 8.42 Å². The Labute approximate surface area is 170 Å². The molecule has 1 aromatic heterocycles. The standard InChI is InChI=1S/C20H38N4O3S/c1-4-5-8-24-19(17-23-11-9-22(10-12-23)13-14-25)16-21-20(24)28(26,27)15-6-7-18(2)3/h16,18,25H,4-15,17H2,1-3H3. The van der Waals surface area contributed by atoms with Crippen molar-refractivity contribution in [2.24, 2.45) is 5.92 Å². The molecule has 162 valence electrons. The number of unbranched alkanes of at least 4 members (excludes halogenated alkanes) is 1. The van der Waals surface area contributed by atoms with Crippen molar-refractivity contribution in [3.05, 3.63) is 11.9 Å². The van der Waals surface area contributed by atoms with Crippen molar-refractivity contribution in [3.63, 3.8) is 0 Å². The van der Waals surface area contributed by atoms with Gasteiger partial charge in [-0.1, -0.05) is 27.2 Å². The van der Waals surface area contributed by atoms with E-state index >= 15 is 0 Å². The smallest absolute Gasteiger partial charge is 0.227 e. The fraction of sp³-hybridized carbons (Fsp3) is 0.850. The summed E-state index contributed by atoms with van der Waals surface area (Å²) in [5, 5.41) is 9.33. The Kier molecular flexibility index (Phi) is 9.40. The summed E-state index contributed by atoms with van der Waals surface area (Å²) in [5.74, 6) is 0.684. The van der Waals surface area contributed by atoms with Crippen LogP contribution in [-0.4, -0.2) is 78.0 Å². The van der Waals surface area contributed by atoms with Gasteiger partial charge < -0.3 is 9.67 Å². The van der Waals surface area contributed by atoms with Crippen LogP contribution < -0.4 is 0 Å². The van der Waals surface area contributed by atoms with E-state index in [1.165, 1.54) is 0 Å². The van der Waals surface area contributed by atoms with E-state index < -0.39 is 9.84 Å². The SMILES string of the molecule is CCCCn1c(CN2CCN(CCO)CC2)cnc1S(=O)(=O)CCCC(C)C. The maximum atomic E-state index is 12.9. The minimum absolute atomic E-state index is 0.174. The first-order chi connectivity index (χ1) is 13.4. The molecule has 1 fully saturated rings. The number of rotatable bonds is 12. The van der Waals surface area contributed by atoms with Crippen molar-refractivity contribution >= 4 is 9.84 Å². The molecule has 1 N–H and O–H groups in total. The average Bonchev–Trinajstić information content (AvgIpc) is 3.04. The molecule has 0 spiro atoms. The van der Waals surface area contributed by atoms with Crippen LogP contribution in [-0.2, 0) is 22.9 Å². The highest BCUT2D eigenvalue weighted by Gasteiger charge is 2.25. The molecular formula is C20H38N4O3S. The van der Waals surface area contributed by atoms with Crippen molar-refractivity contribution < 1.29 is 13.5 Å². The number of sulfone groups is 1. The highest BCUT2D eigenvalue weighted by atomic mass is 32.2. The van der Waals surface area contributed by atoms with Gasteiger partial charge in [0.05, 0.1) is 24.3 Å². The van der Waals surface area contributed by atoms with Crippen LogP contribution in [0.2, 0.25) is 0 Å². The maximum Gasteiger partial charge on any atom is 0.227 e. The topological polar surface area (TPSA) is 78.7 Å². The zero-order valence-corrected chi connectivity index (χ0v) is 18.6. The molecule has 8 heteroatoms. The van der Waals surface area contributed by atoms with Gasteiger partial charge in [-0.2, -0.15) is 0 Å². The van der Waals surface area contributed by atoms with Gasteiger partial charge in [0.2, 0.25) is 15.0 Å². The molecule has 0 amide bonds. The Morgan fingerprint density at radius 3 is 2.39 bits per heavy atom. The Morgan fingerprint density at radius 2 is 1.79 bits per heavy atom. The molecule has 2 rings (SSSR count). The van der Waals surface area contributed by atoms with E-state index in [-0.39, 0.29) is 17.5 Å². The van der Waals surface area contributed by atoms with Crippen LogP contribution in [0.4, 0.5) is 0 Å². The van der Waals surface area contributed by atoms with E-state index in [4.69, 9.17) is 5.11 Å². The van der Waals surface area contributed by atoms with Crippen LogP contribution in [0.5, 0.6) is 0 Å². The fourth-order valence-electron chi connectivity index (χ4n) is 3.64. The summed E-state index contributed by atoms with van der Waals surface area (Å²) >= 11 is 0. The molecule has 28 heavy (non-hydrogen) atoms. The molecule has 0 bridgehead atoms. The van der Waals surface area contributed by atoms with Gasteiger partial charge in [0.15, 0.2) is 0 Å². The summed E-state index contributed by atoms with van der Waals surface area (Å²) < 4.78 is 27.7. The Hall–Kier alpha value is -0.960. The quantitative estimate of drug-likeness (QED) is 0.564. The summed E-state index contributed by atoms with van der Waals surface area (Å²) in [5.41, 5.74) is 0.992. The van der Waals surface area contributed by atoms with Gasteiger partial charge in [0.1, 0.15) is 0 Å². The number of β-amino-alcohol motifs (C(OH)–C–C–N with tert-alkyl or cyclic N) is 1. The molecule has 1 aliphatic heterocycles. The van der Waals surface area contributed by atoms with Gasteiger partial charge in [0.25, 0.3) is 0 Å². The normalized spacial score (nSPS) is 16.9. The molecule has 1 saturated heterocycles. The maximum absolute atomic E-state index is 12.9. The number of hydrogen-bond acceptors (Lipinski definition) is 6. The molecule has 2 heterocycles. The lowest BCUT2D eigenvalue weighted by Crippen LogP contribution is -2.46. The zero-order chi connectivity index (χ0) is 20.6. The second-order valence-corrected chi connectivity index (χ2v) is 10.2. The molecule has 0 unspecified atom stereocenters. The molecular weight excluding hydrogens is 376 g/mol. The van der Waals surface area contributed by atoms with Crippen molar-refractivity contribution in [1.82, 2.24) is 19.4 Å². The first-order valence-corrected chi connectivity index (χ1v) is 12.3. The number of nitrogens with zero attached hydrogens (tertiary/aromatic N) is 4. The fourth-order valence-corrected chi connectivity index (χ4v) is 5.12. The van der Waals surface area contributed by atoms with Crippen LogP contribution in [0.25, 0.3) is 0 Å². The second-order valence-electron chi connectivity index (χ2n) is 8.23. The van der Waals surface area contributed by atoms with Crippen molar-refractivity contribution in [3.8, 4) is 0 Å². The predicted molar refractivity (Wildman–Crippen MR) is 112 cm³/mol. The minimum Gasteiger partial charge on any atom is -0.395 e. The third-order valence-electron chi connectivity index (χ3n) is 5.38. The van der Waals surface area contributed by atoms with Crippen LogP contribution in [0.1, 0.15) is 52.1 Å². The minimum atomic E-state index is -3.36. The summed E-state index contributed by atoms with van der Waals surface area (Å²) in [7, 11) is -3.36. The van der Waals surface area contributed by atoms with Gasteiger partial charge in [-0.25, -0.2) is 13.4 Å². The van der Waals surface area contributed by atoms with Crippen molar-refractivity contribution in [2.75, 3.05) is 45.1 Å². The van der Waals surface area contributed by atoms with Crippen LogP contribution in [0, 0.1) is 5.92 Å². The van der Waals surface area contributed by atoms with Crippen LogP contribution in [0.15, 0.2) is 11.4 Å². The number of aliphatic hydroxyl groups excluding tert-OH is 1. The van der Waals surface area contributed by atoms with Gasteiger partial charge >= 0.3 is 0 Å². The Bertz CT molecular complexity index is 680. The summed E-state index contributed by atoms with van der Waals surface area (Å²) in [4.78, 5) is 8.96. The average molecular weight is 415 g/mol. The summed E-state index contributed by atoms with van der Waals surface area (Å²) in [6.07, 6.45) is 5.32. The van der Waals surface area contributed by atoms with E-state index in [2.05, 4.69) is 35.6 Å². The third kappa shape index (κ3) is 6.83.